The molecule has 77 heavy (non-hydrogen) atoms. The number of likely N-dealkylation sites (N-methyl/N-ethyl adjacent to an activating group) is 1. The summed E-state index contributed by atoms with van der Waals surface area (Å²) in [6.45, 7) is 12.2. The van der Waals surface area contributed by atoms with E-state index < -0.39 is 47.7 Å². The minimum Gasteiger partial charge on any atom is -0.496 e. The monoisotopic (exact) mass is 1070 g/mol. The van der Waals surface area contributed by atoms with Gasteiger partial charge >= 0.3 is 11.9 Å². The van der Waals surface area contributed by atoms with Gasteiger partial charge in [0.15, 0.2) is 11.4 Å². The number of carbonyl (C=O) groups excluding carboxylic acids is 6. The molecule has 1 aliphatic rings. The molecule has 5 rings (SSSR count). The molecule has 2 aromatic carbocycles. The van der Waals surface area contributed by atoms with Crippen LogP contribution in [0.25, 0.3) is 22.5 Å². The number of ether oxygens (including phenoxy) is 6. The molecule has 1 saturated carbocycles. The van der Waals surface area contributed by atoms with Gasteiger partial charge in [-0.05, 0) is 80.5 Å². The maximum atomic E-state index is 14.0. The molecule has 0 bridgehead atoms. The van der Waals surface area contributed by atoms with Gasteiger partial charge in [0, 0.05) is 25.7 Å². The molecule has 0 saturated heterocycles. The number of nitrogens with zero attached hydrogens (tertiary/aromatic N) is 5. The summed E-state index contributed by atoms with van der Waals surface area (Å²) < 4.78 is 36.9. The van der Waals surface area contributed by atoms with Gasteiger partial charge in [-0.1, -0.05) is 90.4 Å². The van der Waals surface area contributed by atoms with E-state index in [0.717, 1.165) is 50.5 Å². The molecule has 1 fully saturated rings. The second-order valence-electron chi connectivity index (χ2n) is 20.1. The summed E-state index contributed by atoms with van der Waals surface area (Å²) in [6.07, 6.45) is 8.95. The lowest BCUT2D eigenvalue weighted by atomic mass is 9.84. The molecule has 0 aliphatic heterocycles. The second-order valence-corrected chi connectivity index (χ2v) is 20.1. The molecule has 0 spiro atoms. The zero-order valence-electron chi connectivity index (χ0n) is 46.8. The normalized spacial score (nSPS) is 13.3. The van der Waals surface area contributed by atoms with E-state index in [0.29, 0.717) is 65.0 Å². The highest BCUT2D eigenvalue weighted by Crippen LogP contribution is 2.39. The first-order valence-corrected chi connectivity index (χ1v) is 26.6. The summed E-state index contributed by atoms with van der Waals surface area (Å²) in [7, 11) is 7.40. The van der Waals surface area contributed by atoms with Crippen LogP contribution < -0.4 is 34.9 Å². The van der Waals surface area contributed by atoms with Gasteiger partial charge in [-0.15, -0.1) is 0 Å². The first-order valence-electron chi connectivity index (χ1n) is 26.6. The number of carbonyl (C=O) groups is 6. The van der Waals surface area contributed by atoms with Gasteiger partial charge in [0.2, 0.25) is 11.8 Å². The van der Waals surface area contributed by atoms with Crippen LogP contribution in [-0.2, 0) is 41.7 Å². The average molecular weight is 1070 g/mol. The van der Waals surface area contributed by atoms with Gasteiger partial charge in [0.1, 0.15) is 55.3 Å². The quantitative estimate of drug-likeness (QED) is 0.0273. The Kier molecular flexibility index (Phi) is 23.4. The standard InChI is InChI=1S/C57H80N8O12/c1-12-38(13-2)34-65-46(30-44(62-65)57(71)60-43(27-39-18-15-14-16-19-39)55(69)58-32-52(67)75-11)42-29-41(22-23-48(42)72-8)76-24-25-77-53(68)35-63(7)51(66)28-40(26-36(3)4)59-56(70)45-31-47(64(61-45)33-37(5)6)54-49(73-9)20-17-21-50(54)74-10/h17,20-23,26,29-31,37-40,43H,12-16,18-19,24-25,27-28,32-35H2,1-11H3,(H,58,69)(H,59,70)(H,60,71)/t40-,43-/m0/s1. The number of aromatic nitrogens is 4. The fourth-order valence-electron chi connectivity index (χ4n) is 9.33. The Morgan fingerprint density at radius 2 is 1.39 bits per heavy atom. The number of benzene rings is 2. The molecular formula is C57H80N8O12. The van der Waals surface area contributed by atoms with Crippen LogP contribution in [0.2, 0.25) is 0 Å². The van der Waals surface area contributed by atoms with Crippen LogP contribution in [0.1, 0.15) is 120 Å². The second kappa shape index (κ2) is 29.8. The number of rotatable bonds is 29. The molecule has 20 heteroatoms. The number of allylic oxidation sites excluding steroid dienone is 1. The smallest absolute Gasteiger partial charge is 0.325 e. The number of amides is 4. The van der Waals surface area contributed by atoms with Crippen molar-refractivity contribution in [3.05, 3.63) is 71.6 Å². The highest BCUT2D eigenvalue weighted by atomic mass is 16.6. The van der Waals surface area contributed by atoms with E-state index >= 15 is 0 Å². The molecular weight excluding hydrogens is 989 g/mol. The minimum absolute atomic E-state index is 0.0244. The zero-order valence-corrected chi connectivity index (χ0v) is 46.8. The highest BCUT2D eigenvalue weighted by Gasteiger charge is 2.30. The summed E-state index contributed by atoms with van der Waals surface area (Å²) in [5.74, 6) is -0.431. The van der Waals surface area contributed by atoms with Crippen molar-refractivity contribution >= 4 is 35.6 Å². The van der Waals surface area contributed by atoms with Crippen molar-refractivity contribution in [1.29, 1.82) is 0 Å². The SMILES string of the molecule is CCC(CC)Cn1nc(C(=O)N[C@@H](CC2CCCCC2)C(=O)NCC(=O)OC)cc1-c1cc(OCCOC(=O)CN(C)C(=O)C[C@H](C=C(C)C)NC(=O)c2cc(-c3c(OC)cccc3OC)n(CC(C)C)n2)ccc1OC. The van der Waals surface area contributed by atoms with E-state index in [1.165, 1.54) is 19.1 Å². The van der Waals surface area contributed by atoms with Gasteiger partial charge in [-0.2, -0.15) is 10.2 Å². The van der Waals surface area contributed by atoms with Crippen LogP contribution in [0.4, 0.5) is 0 Å². The Morgan fingerprint density at radius 3 is 1.99 bits per heavy atom. The van der Waals surface area contributed by atoms with Gasteiger partial charge in [-0.25, -0.2) is 0 Å². The summed E-state index contributed by atoms with van der Waals surface area (Å²) in [5, 5.41) is 17.9. The number of hydrogen-bond donors (Lipinski definition) is 3. The maximum absolute atomic E-state index is 14.0. The van der Waals surface area contributed by atoms with Crippen LogP contribution in [0, 0.1) is 17.8 Å². The summed E-state index contributed by atoms with van der Waals surface area (Å²) in [6, 6.07) is 12.4. The van der Waals surface area contributed by atoms with Crippen LogP contribution in [0.15, 0.2) is 60.2 Å². The van der Waals surface area contributed by atoms with Crippen LogP contribution in [0.3, 0.4) is 0 Å². The molecule has 3 N–H and O–H groups in total. The Morgan fingerprint density at radius 1 is 0.766 bits per heavy atom. The van der Waals surface area contributed by atoms with E-state index in [4.69, 9.17) is 33.5 Å². The van der Waals surface area contributed by atoms with Crippen molar-refractivity contribution < 1.29 is 57.2 Å². The largest absolute Gasteiger partial charge is 0.496 e. The van der Waals surface area contributed by atoms with E-state index in [2.05, 4.69) is 34.9 Å². The molecule has 420 valence electrons. The number of esters is 2. The fourth-order valence-corrected chi connectivity index (χ4v) is 9.33. The molecule has 2 heterocycles. The lowest BCUT2D eigenvalue weighted by molar-refractivity contribution is -0.149. The Labute approximate surface area is 452 Å². The zero-order chi connectivity index (χ0) is 56.2. The lowest BCUT2D eigenvalue weighted by Crippen LogP contribution is -2.49. The third kappa shape index (κ3) is 17.6. The van der Waals surface area contributed by atoms with E-state index in [1.54, 1.807) is 67.1 Å². The Bertz CT molecular complexity index is 2640. The lowest BCUT2D eigenvalue weighted by Gasteiger charge is -2.26. The van der Waals surface area contributed by atoms with Crippen LogP contribution in [0.5, 0.6) is 23.0 Å². The van der Waals surface area contributed by atoms with Crippen molar-refractivity contribution in [2.24, 2.45) is 17.8 Å². The molecule has 20 nitrogen and oxygen atoms in total. The third-order valence-corrected chi connectivity index (χ3v) is 13.5. The van der Waals surface area contributed by atoms with Crippen molar-refractivity contribution in [3.63, 3.8) is 0 Å². The first kappa shape index (κ1) is 60.5. The number of nitrogens with one attached hydrogen (secondary N) is 3. The van der Waals surface area contributed by atoms with Crippen molar-refractivity contribution in [2.45, 2.75) is 125 Å². The Balaban J connectivity index is 1.23. The fraction of sp³-hybridized carbons (Fsp3) is 0.544. The predicted octanol–water partition coefficient (Wildman–Crippen LogP) is 7.42. The molecule has 1 aliphatic carbocycles. The van der Waals surface area contributed by atoms with Gasteiger partial charge in [-0.3, -0.25) is 38.1 Å². The van der Waals surface area contributed by atoms with Crippen molar-refractivity contribution in [1.82, 2.24) is 40.4 Å². The molecule has 0 radical (unpaired) electrons. The molecule has 2 aromatic heterocycles. The van der Waals surface area contributed by atoms with Gasteiger partial charge in [0.25, 0.3) is 11.8 Å². The van der Waals surface area contributed by atoms with E-state index in [-0.39, 0.29) is 61.9 Å². The maximum Gasteiger partial charge on any atom is 0.325 e. The minimum atomic E-state index is -0.895. The molecule has 0 unspecified atom stereocenters. The number of hydrogen-bond acceptors (Lipinski definition) is 14. The molecule has 4 aromatic rings. The summed E-state index contributed by atoms with van der Waals surface area (Å²) >= 11 is 0. The Hall–Kier alpha value is -7.38. The summed E-state index contributed by atoms with van der Waals surface area (Å²) in [5.41, 5.74) is 3.59. The third-order valence-electron chi connectivity index (χ3n) is 13.5. The average Bonchev–Trinajstić information content (AvgIpc) is 4.05. The van der Waals surface area contributed by atoms with Crippen molar-refractivity contribution in [2.75, 3.05) is 61.8 Å². The number of methoxy groups -OCH3 is 4. The molecule has 4 amide bonds. The van der Waals surface area contributed by atoms with E-state index in [9.17, 15) is 28.8 Å². The predicted molar refractivity (Wildman–Crippen MR) is 291 cm³/mol. The van der Waals surface area contributed by atoms with Gasteiger partial charge in [0.05, 0.1) is 57.9 Å². The first-order chi connectivity index (χ1) is 36.9. The van der Waals surface area contributed by atoms with Crippen LogP contribution in [-0.4, -0.2) is 134 Å². The van der Waals surface area contributed by atoms with Crippen molar-refractivity contribution in [3.8, 4) is 45.5 Å². The summed E-state index contributed by atoms with van der Waals surface area (Å²) in [4.78, 5) is 81.1. The van der Waals surface area contributed by atoms with Gasteiger partial charge < -0.3 is 49.3 Å². The topological polar surface area (TPSA) is 233 Å². The van der Waals surface area contributed by atoms with Crippen LogP contribution >= 0.6 is 0 Å². The highest BCUT2D eigenvalue weighted by molar-refractivity contribution is 5.98. The molecule has 2 atom stereocenters. The van der Waals surface area contributed by atoms with E-state index in [1.807, 2.05) is 45.9 Å².